The van der Waals surface area contributed by atoms with Crippen LogP contribution >= 0.6 is 27.7 Å². The molecule has 0 spiro atoms. The molecule has 0 aliphatic heterocycles. The van der Waals surface area contributed by atoms with Crippen LogP contribution in [0.3, 0.4) is 0 Å². The Morgan fingerprint density at radius 3 is 2.76 bits per heavy atom. The standard InChI is InChI=1S/C21H21BrN8O2S/c1-11(2)32-18-13(22)9-24-21(29-18)28-17(31)14(8-12-6-4-3-5-7-12)33-19-15-16(26-10-25-15)27-20(23)30-19/h3-7,9-11,14H,8H2,1-2H3,(H,24,28,29,31)(H3,23,25,26,27,30)/t14-/m1/s1. The molecule has 0 fully saturated rings. The summed E-state index contributed by atoms with van der Waals surface area (Å²) in [6.07, 6.45) is 3.42. The third-order valence-electron chi connectivity index (χ3n) is 4.37. The molecule has 1 amide bonds. The number of nitrogens with two attached hydrogens (primary N) is 1. The fourth-order valence-electron chi connectivity index (χ4n) is 2.97. The lowest BCUT2D eigenvalue weighted by Crippen LogP contribution is -2.28. The molecule has 0 saturated carbocycles. The number of thioether (sulfide) groups is 1. The second-order valence-electron chi connectivity index (χ2n) is 7.29. The van der Waals surface area contributed by atoms with Gasteiger partial charge in [0, 0.05) is 0 Å². The second kappa shape index (κ2) is 10.1. The predicted octanol–water partition coefficient (Wildman–Crippen LogP) is 3.62. The van der Waals surface area contributed by atoms with E-state index >= 15 is 0 Å². The normalized spacial score (nSPS) is 12.1. The highest BCUT2D eigenvalue weighted by Crippen LogP contribution is 2.30. The number of amides is 1. The first-order valence-corrected chi connectivity index (χ1v) is 11.7. The van der Waals surface area contributed by atoms with Gasteiger partial charge in [-0.25, -0.2) is 15.0 Å². The number of anilines is 2. The molecule has 33 heavy (non-hydrogen) atoms. The fraction of sp³-hybridized carbons (Fsp3) is 0.238. The number of hydrogen-bond acceptors (Lipinski definition) is 9. The number of carbonyl (C=O) groups excluding carboxylic acids is 1. The van der Waals surface area contributed by atoms with E-state index in [9.17, 15) is 4.79 Å². The van der Waals surface area contributed by atoms with Gasteiger partial charge in [0.2, 0.25) is 23.7 Å². The third-order valence-corrected chi connectivity index (χ3v) is 6.10. The Labute approximate surface area is 202 Å². The van der Waals surface area contributed by atoms with Crippen LogP contribution in [0.1, 0.15) is 19.4 Å². The van der Waals surface area contributed by atoms with Gasteiger partial charge >= 0.3 is 0 Å². The summed E-state index contributed by atoms with van der Waals surface area (Å²) >= 11 is 4.63. The van der Waals surface area contributed by atoms with Gasteiger partial charge in [0.25, 0.3) is 0 Å². The molecular weight excluding hydrogens is 508 g/mol. The molecule has 4 aromatic rings. The van der Waals surface area contributed by atoms with Gasteiger partial charge in [-0.1, -0.05) is 42.1 Å². The number of halogens is 1. The van der Waals surface area contributed by atoms with E-state index in [0.29, 0.717) is 33.0 Å². The smallest absolute Gasteiger partial charge is 0.240 e. The SMILES string of the molecule is CC(C)Oc1nc(NC(=O)[C@@H](Cc2ccccc2)Sc2nc(N)nc3nc[nH]c23)ncc1Br. The number of ether oxygens (including phenoxy) is 1. The van der Waals surface area contributed by atoms with Crippen molar-refractivity contribution in [2.45, 2.75) is 36.6 Å². The quantitative estimate of drug-likeness (QED) is 0.230. The van der Waals surface area contributed by atoms with Gasteiger partial charge in [-0.15, -0.1) is 0 Å². The fourth-order valence-corrected chi connectivity index (χ4v) is 4.38. The number of imidazole rings is 1. The summed E-state index contributed by atoms with van der Waals surface area (Å²) in [6, 6.07) is 9.71. The number of aromatic amines is 1. The lowest BCUT2D eigenvalue weighted by atomic mass is 10.1. The molecule has 0 radical (unpaired) electrons. The second-order valence-corrected chi connectivity index (χ2v) is 9.33. The van der Waals surface area contributed by atoms with Crippen LogP contribution in [-0.4, -0.2) is 47.2 Å². The number of nitrogen functional groups attached to an aromatic ring is 1. The molecule has 0 aliphatic carbocycles. The molecule has 0 aliphatic rings. The summed E-state index contributed by atoms with van der Waals surface area (Å²) in [5.74, 6) is 0.297. The Hall–Kier alpha value is -3.25. The van der Waals surface area contributed by atoms with Gasteiger partial charge in [-0.05, 0) is 41.8 Å². The van der Waals surface area contributed by atoms with Crippen LogP contribution < -0.4 is 15.8 Å². The number of fused-ring (bicyclic) bond motifs is 1. The molecule has 4 N–H and O–H groups in total. The van der Waals surface area contributed by atoms with Crippen molar-refractivity contribution in [3.63, 3.8) is 0 Å². The van der Waals surface area contributed by atoms with E-state index in [1.807, 2.05) is 44.2 Å². The summed E-state index contributed by atoms with van der Waals surface area (Å²) in [5.41, 5.74) is 7.91. The molecule has 4 rings (SSSR count). The first kappa shape index (κ1) is 22.9. The van der Waals surface area contributed by atoms with Crippen molar-refractivity contribution >= 4 is 56.7 Å². The Balaban J connectivity index is 1.62. The van der Waals surface area contributed by atoms with E-state index in [1.165, 1.54) is 18.1 Å². The highest BCUT2D eigenvalue weighted by molar-refractivity contribution is 9.10. The van der Waals surface area contributed by atoms with Gasteiger partial charge in [0.05, 0.1) is 28.4 Å². The van der Waals surface area contributed by atoms with Crippen molar-refractivity contribution in [3.8, 4) is 5.88 Å². The maximum absolute atomic E-state index is 13.3. The molecule has 10 nitrogen and oxygen atoms in total. The Morgan fingerprint density at radius 2 is 2.00 bits per heavy atom. The van der Waals surface area contributed by atoms with Crippen LogP contribution in [0.2, 0.25) is 0 Å². The van der Waals surface area contributed by atoms with Crippen LogP contribution in [0.15, 0.2) is 52.4 Å². The van der Waals surface area contributed by atoms with Crippen molar-refractivity contribution in [1.29, 1.82) is 0 Å². The van der Waals surface area contributed by atoms with E-state index in [0.717, 1.165) is 5.56 Å². The summed E-state index contributed by atoms with van der Waals surface area (Å²) < 4.78 is 6.27. The van der Waals surface area contributed by atoms with Crippen LogP contribution in [-0.2, 0) is 11.2 Å². The van der Waals surface area contributed by atoms with E-state index < -0.39 is 5.25 Å². The molecule has 1 atom stereocenters. The highest BCUT2D eigenvalue weighted by Gasteiger charge is 2.25. The van der Waals surface area contributed by atoms with Gasteiger partial charge in [-0.2, -0.15) is 9.97 Å². The average molecular weight is 529 g/mol. The van der Waals surface area contributed by atoms with E-state index in [2.05, 4.69) is 51.2 Å². The minimum absolute atomic E-state index is 0.0822. The number of nitrogens with one attached hydrogen (secondary N) is 2. The van der Waals surface area contributed by atoms with E-state index in [4.69, 9.17) is 10.5 Å². The highest BCUT2D eigenvalue weighted by atomic mass is 79.9. The first-order chi connectivity index (χ1) is 15.9. The molecule has 3 aromatic heterocycles. The summed E-state index contributed by atoms with van der Waals surface area (Å²) in [4.78, 5) is 37.5. The number of aromatic nitrogens is 6. The number of nitrogens with zero attached hydrogens (tertiary/aromatic N) is 5. The van der Waals surface area contributed by atoms with Crippen molar-refractivity contribution < 1.29 is 9.53 Å². The topological polar surface area (TPSA) is 145 Å². The largest absolute Gasteiger partial charge is 0.474 e. The zero-order valence-corrected chi connectivity index (χ0v) is 20.2. The number of benzene rings is 1. The Bertz CT molecular complexity index is 1270. The summed E-state index contributed by atoms with van der Waals surface area (Å²) in [5, 5.41) is 2.77. The van der Waals surface area contributed by atoms with Gasteiger partial charge < -0.3 is 15.5 Å². The number of H-pyrrole nitrogens is 1. The molecular formula is C21H21BrN8O2S. The van der Waals surface area contributed by atoms with Gasteiger partial charge in [-0.3, -0.25) is 10.1 Å². The van der Waals surface area contributed by atoms with Gasteiger partial charge in [0.1, 0.15) is 10.5 Å². The molecule has 3 heterocycles. The van der Waals surface area contributed by atoms with Crippen LogP contribution in [0.25, 0.3) is 11.2 Å². The van der Waals surface area contributed by atoms with E-state index in [-0.39, 0.29) is 23.9 Å². The van der Waals surface area contributed by atoms with Crippen molar-refractivity contribution in [1.82, 2.24) is 29.9 Å². The predicted molar refractivity (Wildman–Crippen MR) is 130 cm³/mol. The third kappa shape index (κ3) is 5.76. The van der Waals surface area contributed by atoms with Crippen molar-refractivity contribution in [2.24, 2.45) is 0 Å². The number of carbonyl (C=O) groups is 1. The van der Waals surface area contributed by atoms with Crippen LogP contribution in [0.4, 0.5) is 11.9 Å². The van der Waals surface area contributed by atoms with Gasteiger partial charge in [0.15, 0.2) is 5.65 Å². The molecule has 1 aromatic carbocycles. The average Bonchev–Trinajstić information content (AvgIpc) is 3.24. The minimum atomic E-state index is -0.560. The molecule has 12 heteroatoms. The first-order valence-electron chi connectivity index (χ1n) is 10.1. The molecule has 0 bridgehead atoms. The summed E-state index contributed by atoms with van der Waals surface area (Å²) in [7, 11) is 0. The lowest BCUT2D eigenvalue weighted by molar-refractivity contribution is -0.115. The Kier molecular flexibility index (Phi) is 7.04. The number of rotatable bonds is 8. The Morgan fingerprint density at radius 1 is 1.21 bits per heavy atom. The molecule has 0 saturated heterocycles. The zero-order valence-electron chi connectivity index (χ0n) is 17.8. The van der Waals surface area contributed by atoms with Crippen LogP contribution in [0, 0.1) is 0 Å². The molecule has 0 unspecified atom stereocenters. The van der Waals surface area contributed by atoms with E-state index in [1.54, 1.807) is 6.20 Å². The maximum atomic E-state index is 13.3. The molecule has 170 valence electrons. The summed E-state index contributed by atoms with van der Waals surface area (Å²) in [6.45, 7) is 3.78. The van der Waals surface area contributed by atoms with Crippen LogP contribution in [0.5, 0.6) is 5.88 Å². The number of hydrogen-bond donors (Lipinski definition) is 3. The monoisotopic (exact) mass is 528 g/mol. The zero-order chi connectivity index (χ0) is 23.4. The lowest BCUT2D eigenvalue weighted by Gasteiger charge is -2.17. The maximum Gasteiger partial charge on any atom is 0.240 e. The van der Waals surface area contributed by atoms with Crippen molar-refractivity contribution in [2.75, 3.05) is 11.1 Å². The minimum Gasteiger partial charge on any atom is -0.474 e. The van der Waals surface area contributed by atoms with Crippen molar-refractivity contribution in [3.05, 3.63) is 52.9 Å².